The van der Waals surface area contributed by atoms with E-state index in [0.29, 0.717) is 13.2 Å². The first-order valence-electron chi connectivity index (χ1n) is 7.38. The predicted octanol–water partition coefficient (Wildman–Crippen LogP) is 1.59. The van der Waals surface area contributed by atoms with Gasteiger partial charge in [-0.05, 0) is 31.4 Å². The second-order valence-corrected chi connectivity index (χ2v) is 5.39. The number of hydrogen-bond donors (Lipinski definition) is 0. The molecule has 3 heterocycles. The number of rotatable bonds is 3. The molecule has 2 fully saturated rings. The Morgan fingerprint density at radius 3 is 2.95 bits per heavy atom. The smallest absolute Gasteiger partial charge is 0.410 e. The van der Waals surface area contributed by atoms with Crippen molar-refractivity contribution in [1.82, 2.24) is 14.8 Å². The molecular formula is C15H19N3O3. The van der Waals surface area contributed by atoms with Gasteiger partial charge in [-0.1, -0.05) is 6.07 Å². The maximum atomic E-state index is 12.5. The van der Waals surface area contributed by atoms with E-state index in [4.69, 9.17) is 4.74 Å². The van der Waals surface area contributed by atoms with Crippen LogP contribution in [0, 0.1) is 0 Å². The van der Waals surface area contributed by atoms with Crippen molar-refractivity contribution < 1.29 is 14.3 Å². The maximum Gasteiger partial charge on any atom is 0.410 e. The first-order valence-corrected chi connectivity index (χ1v) is 7.38. The Balaban J connectivity index is 1.71. The number of pyridine rings is 1. The zero-order chi connectivity index (χ0) is 14.7. The normalized spacial score (nSPS) is 22.3. The monoisotopic (exact) mass is 289 g/mol. The molecule has 1 atom stereocenters. The number of hydrogen-bond acceptors (Lipinski definition) is 4. The zero-order valence-corrected chi connectivity index (χ0v) is 11.9. The summed E-state index contributed by atoms with van der Waals surface area (Å²) < 4.78 is 4.87. The van der Waals surface area contributed by atoms with Gasteiger partial charge in [0.2, 0.25) is 5.91 Å². The van der Waals surface area contributed by atoms with Crippen LogP contribution in [0.3, 0.4) is 0 Å². The molecule has 2 amide bonds. The van der Waals surface area contributed by atoms with Gasteiger partial charge in [0.1, 0.15) is 13.2 Å². The van der Waals surface area contributed by atoms with Crippen LogP contribution in [-0.4, -0.2) is 53.0 Å². The Bertz CT molecular complexity index is 520. The van der Waals surface area contributed by atoms with Crippen LogP contribution < -0.4 is 0 Å². The molecule has 0 radical (unpaired) electrons. The molecule has 21 heavy (non-hydrogen) atoms. The maximum absolute atomic E-state index is 12.5. The topological polar surface area (TPSA) is 62.7 Å². The minimum absolute atomic E-state index is 0.0195. The summed E-state index contributed by atoms with van der Waals surface area (Å²) in [4.78, 5) is 31.7. The lowest BCUT2D eigenvalue weighted by Crippen LogP contribution is -2.44. The summed E-state index contributed by atoms with van der Waals surface area (Å²) in [5, 5.41) is 0. The van der Waals surface area contributed by atoms with Crippen LogP contribution in [0.2, 0.25) is 0 Å². The van der Waals surface area contributed by atoms with E-state index >= 15 is 0 Å². The summed E-state index contributed by atoms with van der Waals surface area (Å²) in [7, 11) is 0. The van der Waals surface area contributed by atoms with Gasteiger partial charge >= 0.3 is 6.09 Å². The van der Waals surface area contributed by atoms with E-state index in [1.54, 1.807) is 6.20 Å². The van der Waals surface area contributed by atoms with Crippen molar-refractivity contribution in [2.24, 2.45) is 0 Å². The van der Waals surface area contributed by atoms with Gasteiger partial charge in [0.25, 0.3) is 0 Å². The molecule has 0 bridgehead atoms. The summed E-state index contributed by atoms with van der Waals surface area (Å²) in [6.07, 6.45) is 4.38. The van der Waals surface area contributed by atoms with Crippen LogP contribution in [0.25, 0.3) is 0 Å². The molecule has 0 unspecified atom stereocenters. The molecule has 2 saturated heterocycles. The van der Waals surface area contributed by atoms with E-state index in [1.165, 1.54) is 4.90 Å². The number of cyclic esters (lactones) is 1. The second-order valence-electron chi connectivity index (χ2n) is 5.39. The van der Waals surface area contributed by atoms with E-state index in [0.717, 1.165) is 31.5 Å². The van der Waals surface area contributed by atoms with Crippen molar-refractivity contribution in [3.05, 3.63) is 30.1 Å². The van der Waals surface area contributed by atoms with Gasteiger partial charge in [0.15, 0.2) is 0 Å². The molecule has 0 aromatic carbocycles. The van der Waals surface area contributed by atoms with E-state index in [1.807, 2.05) is 23.1 Å². The Kier molecular flexibility index (Phi) is 4.03. The third kappa shape index (κ3) is 2.99. The highest BCUT2D eigenvalue weighted by Crippen LogP contribution is 2.29. The number of amides is 2. The van der Waals surface area contributed by atoms with Gasteiger partial charge in [-0.15, -0.1) is 0 Å². The largest absolute Gasteiger partial charge is 0.448 e. The van der Waals surface area contributed by atoms with E-state index in [2.05, 4.69) is 4.98 Å². The molecule has 0 N–H and O–H groups in total. The number of carbonyl (C=O) groups excluding carboxylic acids is 2. The molecule has 6 nitrogen and oxygen atoms in total. The SMILES string of the molecule is O=C1OCCN1CC(=O)N1CCCC[C@H]1c1ccccn1. The number of aromatic nitrogens is 1. The van der Waals surface area contributed by atoms with Gasteiger partial charge in [-0.25, -0.2) is 4.79 Å². The van der Waals surface area contributed by atoms with Crippen molar-refractivity contribution in [2.45, 2.75) is 25.3 Å². The summed E-state index contributed by atoms with van der Waals surface area (Å²) in [6.45, 7) is 1.69. The van der Waals surface area contributed by atoms with E-state index in [-0.39, 0.29) is 18.5 Å². The van der Waals surface area contributed by atoms with Crippen molar-refractivity contribution in [2.75, 3.05) is 26.2 Å². The fourth-order valence-electron chi connectivity index (χ4n) is 2.93. The number of likely N-dealkylation sites (tertiary alicyclic amines) is 1. The minimum Gasteiger partial charge on any atom is -0.448 e. The first kappa shape index (κ1) is 13.9. The molecule has 2 aliphatic heterocycles. The van der Waals surface area contributed by atoms with Crippen LogP contribution >= 0.6 is 0 Å². The molecule has 3 rings (SSSR count). The number of nitrogens with zero attached hydrogens (tertiary/aromatic N) is 3. The van der Waals surface area contributed by atoms with Crippen molar-refractivity contribution >= 4 is 12.0 Å². The summed E-state index contributed by atoms with van der Waals surface area (Å²) >= 11 is 0. The highest BCUT2D eigenvalue weighted by molar-refractivity contribution is 5.83. The average Bonchev–Trinajstić information content (AvgIpc) is 2.93. The first-order chi connectivity index (χ1) is 10.3. The van der Waals surface area contributed by atoms with Crippen LogP contribution in [0.5, 0.6) is 0 Å². The van der Waals surface area contributed by atoms with Gasteiger partial charge in [-0.2, -0.15) is 0 Å². The van der Waals surface area contributed by atoms with Crippen LogP contribution in [-0.2, 0) is 9.53 Å². The summed E-state index contributed by atoms with van der Waals surface area (Å²) in [6, 6.07) is 5.79. The fraction of sp³-hybridized carbons (Fsp3) is 0.533. The quantitative estimate of drug-likeness (QED) is 0.847. The highest BCUT2D eigenvalue weighted by atomic mass is 16.6. The summed E-state index contributed by atoms with van der Waals surface area (Å²) in [5.41, 5.74) is 0.926. The van der Waals surface area contributed by atoms with Crippen LogP contribution in [0.1, 0.15) is 31.0 Å². The minimum atomic E-state index is -0.394. The molecule has 0 saturated carbocycles. The lowest BCUT2D eigenvalue weighted by Gasteiger charge is -2.36. The molecule has 0 aliphatic carbocycles. The van der Waals surface area contributed by atoms with Gasteiger partial charge in [0.05, 0.1) is 18.3 Å². The Morgan fingerprint density at radius 1 is 1.33 bits per heavy atom. The molecule has 112 valence electrons. The Morgan fingerprint density at radius 2 is 2.24 bits per heavy atom. The predicted molar refractivity (Wildman–Crippen MR) is 75.5 cm³/mol. The van der Waals surface area contributed by atoms with Crippen molar-refractivity contribution in [1.29, 1.82) is 0 Å². The molecule has 2 aliphatic rings. The third-order valence-electron chi connectivity index (χ3n) is 4.02. The number of piperidine rings is 1. The second kappa shape index (κ2) is 6.11. The molecule has 1 aromatic heterocycles. The number of carbonyl (C=O) groups is 2. The highest BCUT2D eigenvalue weighted by Gasteiger charge is 2.32. The van der Waals surface area contributed by atoms with E-state index in [9.17, 15) is 9.59 Å². The zero-order valence-electron chi connectivity index (χ0n) is 11.9. The standard InChI is InChI=1S/C15H19N3O3/c19-14(11-17-9-10-21-15(17)20)18-8-4-2-6-13(18)12-5-1-3-7-16-12/h1,3,5,7,13H,2,4,6,8-11H2/t13-/m0/s1. The molecule has 6 heteroatoms. The summed E-state index contributed by atoms with van der Waals surface area (Å²) in [5.74, 6) is -0.0239. The lowest BCUT2D eigenvalue weighted by atomic mass is 9.98. The van der Waals surface area contributed by atoms with Crippen molar-refractivity contribution in [3.8, 4) is 0 Å². The molecule has 0 spiro atoms. The van der Waals surface area contributed by atoms with Gasteiger partial charge < -0.3 is 9.64 Å². The lowest BCUT2D eigenvalue weighted by molar-refractivity contribution is -0.135. The number of ether oxygens (including phenoxy) is 1. The average molecular weight is 289 g/mol. The Labute approximate surface area is 123 Å². The van der Waals surface area contributed by atoms with Gasteiger partial charge in [-0.3, -0.25) is 14.7 Å². The van der Waals surface area contributed by atoms with Gasteiger partial charge in [0, 0.05) is 12.7 Å². The Hall–Kier alpha value is -2.11. The third-order valence-corrected chi connectivity index (χ3v) is 4.02. The molecule has 1 aromatic rings. The fourth-order valence-corrected chi connectivity index (χ4v) is 2.93. The molecular weight excluding hydrogens is 270 g/mol. The van der Waals surface area contributed by atoms with Crippen molar-refractivity contribution in [3.63, 3.8) is 0 Å². The van der Waals surface area contributed by atoms with Crippen LogP contribution in [0.4, 0.5) is 4.79 Å². The van der Waals surface area contributed by atoms with E-state index < -0.39 is 6.09 Å². The van der Waals surface area contributed by atoms with Crippen LogP contribution in [0.15, 0.2) is 24.4 Å².